The monoisotopic (exact) mass is 686 g/mol. The number of carbonyl (C=O) groups excluding carboxylic acids is 1. The van der Waals surface area contributed by atoms with Gasteiger partial charge in [-0.05, 0) is 42.5 Å². The molecule has 248 valence electrons. The first-order valence-electron chi connectivity index (χ1n) is 15.9. The summed E-state index contributed by atoms with van der Waals surface area (Å²) in [5.74, 6) is 0.432. The molecule has 4 aromatic rings. The number of pyridine rings is 1. The van der Waals surface area contributed by atoms with Gasteiger partial charge in [0.15, 0.2) is 5.78 Å². The number of nitrogens with zero attached hydrogens (tertiary/aromatic N) is 6. The van der Waals surface area contributed by atoms with Crippen molar-refractivity contribution in [1.82, 2.24) is 24.8 Å². The molecule has 1 fully saturated rings. The lowest BCUT2D eigenvalue weighted by atomic mass is 9.95. The molecule has 0 spiro atoms. The quantitative estimate of drug-likeness (QED) is 0.208. The first-order chi connectivity index (χ1) is 23.3. The molecule has 6 rings (SSSR count). The number of nitriles is 1. The third-order valence-electron chi connectivity index (χ3n) is 9.08. The van der Waals surface area contributed by atoms with Crippen LogP contribution in [0.4, 0.5) is 0 Å². The number of methoxy groups -OCH3 is 1. The zero-order chi connectivity index (χ0) is 33.8. The second kappa shape index (κ2) is 15.1. The van der Waals surface area contributed by atoms with Gasteiger partial charge in [0.25, 0.3) is 0 Å². The summed E-state index contributed by atoms with van der Waals surface area (Å²) in [6, 6.07) is 14.9. The Balaban J connectivity index is 1.25. The number of ketones is 1. The Morgan fingerprint density at radius 3 is 2.56 bits per heavy atom. The van der Waals surface area contributed by atoms with Crippen LogP contribution in [-0.2, 0) is 25.9 Å². The third kappa shape index (κ3) is 7.08. The van der Waals surface area contributed by atoms with E-state index in [4.69, 9.17) is 32.9 Å². The molecule has 1 saturated heterocycles. The van der Waals surface area contributed by atoms with E-state index in [0.29, 0.717) is 86.9 Å². The molecule has 2 aliphatic rings. The van der Waals surface area contributed by atoms with E-state index in [1.165, 1.54) is 0 Å². The molecule has 10 nitrogen and oxygen atoms in total. The number of hydrogen-bond donors (Lipinski definition) is 2. The number of hydrogen-bond acceptors (Lipinski definition) is 10. The Morgan fingerprint density at radius 2 is 1.83 bits per heavy atom. The van der Waals surface area contributed by atoms with Crippen molar-refractivity contribution in [2.24, 2.45) is 5.92 Å². The van der Waals surface area contributed by atoms with E-state index in [9.17, 15) is 20.3 Å². The van der Waals surface area contributed by atoms with E-state index >= 15 is 0 Å². The average molecular weight is 688 g/mol. The Kier molecular flexibility index (Phi) is 10.7. The predicted molar refractivity (Wildman–Crippen MR) is 183 cm³/mol. The number of aliphatic hydroxyl groups excluding tert-OH is 2. The van der Waals surface area contributed by atoms with Crippen molar-refractivity contribution in [1.29, 1.82) is 5.26 Å². The number of β-amino-alcohol motifs (C(OH)–C–C–N with tert-alkyl or cyclic N) is 1. The lowest BCUT2D eigenvalue weighted by Gasteiger charge is -2.28. The van der Waals surface area contributed by atoms with Crippen molar-refractivity contribution < 1.29 is 19.7 Å². The van der Waals surface area contributed by atoms with Crippen molar-refractivity contribution in [2.45, 2.75) is 32.4 Å². The van der Waals surface area contributed by atoms with Crippen LogP contribution in [0.15, 0.2) is 48.7 Å². The number of carbonyl (C=O) groups is 1. The van der Waals surface area contributed by atoms with Crippen LogP contribution in [0.1, 0.15) is 45.0 Å². The molecule has 0 aliphatic carbocycles. The lowest BCUT2D eigenvalue weighted by molar-refractivity contribution is 0.0987. The second-order valence-electron chi connectivity index (χ2n) is 12.2. The zero-order valence-corrected chi connectivity index (χ0v) is 28.1. The fourth-order valence-corrected chi connectivity index (χ4v) is 7.13. The molecule has 48 heavy (non-hydrogen) atoms. The fraction of sp³-hybridized carbons (Fsp3) is 0.361. The highest BCUT2D eigenvalue weighted by Crippen LogP contribution is 2.40. The van der Waals surface area contributed by atoms with E-state index < -0.39 is 0 Å². The number of likely N-dealkylation sites (tertiary alicyclic amines) is 1. The van der Waals surface area contributed by atoms with Crippen LogP contribution < -0.4 is 4.74 Å². The summed E-state index contributed by atoms with van der Waals surface area (Å²) >= 11 is 14.0. The highest BCUT2D eigenvalue weighted by Gasteiger charge is 2.26. The van der Waals surface area contributed by atoms with E-state index in [1.54, 1.807) is 25.4 Å². The first kappa shape index (κ1) is 33.9. The smallest absolute Gasteiger partial charge is 0.237 e. The summed E-state index contributed by atoms with van der Waals surface area (Å²) in [4.78, 5) is 31.9. The topological polar surface area (TPSA) is 136 Å². The van der Waals surface area contributed by atoms with E-state index in [1.807, 2.05) is 30.3 Å². The van der Waals surface area contributed by atoms with Gasteiger partial charge >= 0.3 is 0 Å². The Hall–Kier alpha value is -3.95. The molecule has 4 heterocycles. The number of benzene rings is 2. The van der Waals surface area contributed by atoms with Gasteiger partial charge in [-0.2, -0.15) is 5.26 Å². The van der Waals surface area contributed by atoms with Crippen molar-refractivity contribution in [3.05, 3.63) is 92.5 Å². The maximum Gasteiger partial charge on any atom is 0.237 e. The number of fused-ring (bicyclic) bond motifs is 1. The first-order valence-corrected chi connectivity index (χ1v) is 16.7. The minimum atomic E-state index is -0.254. The van der Waals surface area contributed by atoms with Gasteiger partial charge in [-0.3, -0.25) is 19.6 Å². The van der Waals surface area contributed by atoms with E-state index in [2.05, 4.69) is 25.8 Å². The highest BCUT2D eigenvalue weighted by atomic mass is 35.5. The molecule has 0 radical (unpaired) electrons. The van der Waals surface area contributed by atoms with Gasteiger partial charge in [-0.15, -0.1) is 0 Å². The average Bonchev–Trinajstić information content (AvgIpc) is 3.56. The van der Waals surface area contributed by atoms with Gasteiger partial charge in [0.2, 0.25) is 5.88 Å². The van der Waals surface area contributed by atoms with Gasteiger partial charge in [-0.1, -0.05) is 59.6 Å². The van der Waals surface area contributed by atoms with Gasteiger partial charge < -0.3 is 14.9 Å². The fourth-order valence-electron chi connectivity index (χ4n) is 6.51. The van der Waals surface area contributed by atoms with Crippen LogP contribution in [0.3, 0.4) is 0 Å². The van der Waals surface area contributed by atoms with Crippen LogP contribution in [0.5, 0.6) is 5.88 Å². The largest absolute Gasteiger partial charge is 0.480 e. The number of halogens is 2. The summed E-state index contributed by atoms with van der Waals surface area (Å²) in [5, 5.41) is 29.5. The molecule has 1 unspecified atom stereocenters. The summed E-state index contributed by atoms with van der Waals surface area (Å²) in [7, 11) is 1.56. The van der Waals surface area contributed by atoms with Crippen molar-refractivity contribution in [3.8, 4) is 34.3 Å². The summed E-state index contributed by atoms with van der Waals surface area (Å²) in [6.45, 7) is 4.16. The molecule has 12 heteroatoms. The van der Waals surface area contributed by atoms with Gasteiger partial charge in [-0.25, -0.2) is 9.97 Å². The number of aromatic nitrogens is 3. The van der Waals surface area contributed by atoms with Crippen molar-refractivity contribution in [3.63, 3.8) is 0 Å². The van der Waals surface area contributed by atoms with Gasteiger partial charge in [0.1, 0.15) is 11.4 Å². The SMILES string of the molecule is COc1nc(-c2cccc(-c3cccc(CC(=O)c4cc(C#N)c5c(n4)CN(CCO)CC5)c3Cl)c2Cl)cnc1CN1CCC(CO)C1. The Morgan fingerprint density at radius 1 is 1.06 bits per heavy atom. The molecule has 2 aromatic carbocycles. The minimum Gasteiger partial charge on any atom is -0.480 e. The third-order valence-corrected chi connectivity index (χ3v) is 9.94. The number of ether oxygens (including phenoxy) is 1. The number of rotatable bonds is 11. The Labute approximate surface area is 289 Å². The van der Waals surface area contributed by atoms with Crippen LogP contribution in [0.2, 0.25) is 10.0 Å². The molecule has 0 saturated carbocycles. The van der Waals surface area contributed by atoms with E-state index in [-0.39, 0.29) is 37.0 Å². The normalized spacial score (nSPS) is 16.5. The van der Waals surface area contributed by atoms with Crippen LogP contribution in [0, 0.1) is 17.2 Å². The number of Topliss-reactive ketones (excluding diaryl/α,β-unsaturated/α-hetero) is 1. The molecular weight excluding hydrogens is 651 g/mol. The molecule has 2 N–H and O–H groups in total. The van der Waals surface area contributed by atoms with Crippen molar-refractivity contribution in [2.75, 3.05) is 46.5 Å². The van der Waals surface area contributed by atoms with Crippen LogP contribution in [-0.4, -0.2) is 87.3 Å². The summed E-state index contributed by atoms with van der Waals surface area (Å²) in [6.07, 6.45) is 3.26. The predicted octanol–water partition coefficient (Wildman–Crippen LogP) is 4.98. The van der Waals surface area contributed by atoms with Crippen molar-refractivity contribution >= 4 is 29.0 Å². The summed E-state index contributed by atoms with van der Waals surface area (Å²) < 4.78 is 5.61. The zero-order valence-electron chi connectivity index (χ0n) is 26.6. The molecule has 2 aromatic heterocycles. The standard InChI is InChI=1S/C36H36Cl2N6O4/c1-48-36-32(20-44-10-8-22(18-44)21-46)40-17-30(42-36)28-7-3-6-27(35(28)38)26-5-2-4-23(34(26)37)15-33(47)29-14-24(16-39)25-9-11-43(12-13-45)19-31(25)41-29/h2-7,14,17,22,45-46H,8-13,15,18-21H2,1H3. The van der Waals surface area contributed by atoms with Crippen LogP contribution >= 0.6 is 23.2 Å². The van der Waals surface area contributed by atoms with Gasteiger partial charge in [0, 0.05) is 62.4 Å². The molecule has 0 amide bonds. The molecule has 0 bridgehead atoms. The number of aliphatic hydroxyl groups is 2. The molecule has 2 aliphatic heterocycles. The molecular formula is C36H36Cl2N6O4. The highest BCUT2D eigenvalue weighted by molar-refractivity contribution is 6.38. The maximum absolute atomic E-state index is 13.6. The van der Waals surface area contributed by atoms with Gasteiger partial charge in [0.05, 0.1) is 53.0 Å². The lowest BCUT2D eigenvalue weighted by Crippen LogP contribution is -2.34. The van der Waals surface area contributed by atoms with E-state index in [0.717, 1.165) is 31.6 Å². The molecule has 1 atom stereocenters. The Bertz CT molecular complexity index is 1880. The minimum absolute atomic E-state index is 0.0127. The summed E-state index contributed by atoms with van der Waals surface area (Å²) in [5.41, 5.74) is 6.08. The second-order valence-corrected chi connectivity index (χ2v) is 12.9. The van der Waals surface area contributed by atoms with Crippen LogP contribution in [0.25, 0.3) is 22.4 Å². The maximum atomic E-state index is 13.6.